The van der Waals surface area contributed by atoms with Crippen LogP contribution in [0.5, 0.6) is 5.88 Å². The second kappa shape index (κ2) is 6.89. The van der Waals surface area contributed by atoms with E-state index in [1.165, 1.54) is 0 Å². The van der Waals surface area contributed by atoms with Gasteiger partial charge >= 0.3 is 0 Å². The zero-order chi connectivity index (χ0) is 16.1. The first-order chi connectivity index (χ1) is 9.64. The van der Waals surface area contributed by atoms with Gasteiger partial charge in [0.15, 0.2) is 0 Å². The molecule has 5 nitrogen and oxygen atoms in total. The molecule has 3 N–H and O–H groups in total. The maximum Gasteiger partial charge on any atom is 0.240 e. The Morgan fingerprint density at radius 3 is 2.48 bits per heavy atom. The molecule has 0 radical (unpaired) electrons. The van der Waals surface area contributed by atoms with Gasteiger partial charge < -0.3 is 15.8 Å². The number of amides is 1. The standard InChI is InChI=1S/C16H27N3O2/c1-6-9-16(5,17)14(20)19-11-12-7-8-13(18-10-12)21-15(2,3)4/h7-8,10H,6,9,11,17H2,1-5H3,(H,19,20). The maximum atomic E-state index is 12.0. The molecule has 0 fully saturated rings. The number of carbonyl (C=O) groups is 1. The number of aromatic nitrogens is 1. The minimum atomic E-state index is -0.822. The first kappa shape index (κ1) is 17.4. The Hall–Kier alpha value is -1.62. The first-order valence-electron chi connectivity index (χ1n) is 7.35. The Labute approximate surface area is 127 Å². The second-order valence-electron chi connectivity index (χ2n) is 6.57. The summed E-state index contributed by atoms with van der Waals surface area (Å²) >= 11 is 0. The van der Waals surface area contributed by atoms with E-state index in [9.17, 15) is 4.79 Å². The van der Waals surface area contributed by atoms with Crippen molar-refractivity contribution in [1.29, 1.82) is 0 Å². The maximum absolute atomic E-state index is 12.0. The highest BCUT2D eigenvalue weighted by Gasteiger charge is 2.26. The van der Waals surface area contributed by atoms with E-state index in [-0.39, 0.29) is 11.5 Å². The monoisotopic (exact) mass is 293 g/mol. The van der Waals surface area contributed by atoms with E-state index < -0.39 is 5.54 Å². The van der Waals surface area contributed by atoms with Crippen LogP contribution in [-0.2, 0) is 11.3 Å². The van der Waals surface area contributed by atoms with Crippen LogP contribution in [0.15, 0.2) is 18.3 Å². The van der Waals surface area contributed by atoms with Crippen LogP contribution in [0.3, 0.4) is 0 Å². The van der Waals surface area contributed by atoms with E-state index in [0.29, 0.717) is 18.8 Å². The number of rotatable bonds is 6. The molecule has 0 aliphatic heterocycles. The number of ether oxygens (including phenoxy) is 1. The highest BCUT2D eigenvalue weighted by Crippen LogP contribution is 2.15. The molecule has 118 valence electrons. The van der Waals surface area contributed by atoms with Gasteiger partial charge in [0.05, 0.1) is 5.54 Å². The topological polar surface area (TPSA) is 77.2 Å². The van der Waals surface area contributed by atoms with Gasteiger partial charge in [-0.3, -0.25) is 4.79 Å². The molecular weight excluding hydrogens is 266 g/mol. The van der Waals surface area contributed by atoms with Gasteiger partial charge in [0, 0.05) is 18.8 Å². The van der Waals surface area contributed by atoms with E-state index in [1.807, 2.05) is 33.8 Å². The lowest BCUT2D eigenvalue weighted by atomic mass is 9.96. The van der Waals surface area contributed by atoms with Gasteiger partial charge in [-0.25, -0.2) is 4.98 Å². The second-order valence-corrected chi connectivity index (χ2v) is 6.57. The fraction of sp³-hybridized carbons (Fsp3) is 0.625. The number of pyridine rings is 1. The summed E-state index contributed by atoms with van der Waals surface area (Å²) in [5, 5.41) is 2.85. The molecule has 1 amide bonds. The average Bonchev–Trinajstić information content (AvgIpc) is 2.35. The largest absolute Gasteiger partial charge is 0.472 e. The minimum Gasteiger partial charge on any atom is -0.472 e. The Morgan fingerprint density at radius 1 is 1.33 bits per heavy atom. The predicted molar refractivity (Wildman–Crippen MR) is 84.0 cm³/mol. The van der Waals surface area contributed by atoms with Crippen molar-refractivity contribution < 1.29 is 9.53 Å². The van der Waals surface area contributed by atoms with Crippen molar-refractivity contribution >= 4 is 5.91 Å². The van der Waals surface area contributed by atoms with Crippen molar-refractivity contribution in [1.82, 2.24) is 10.3 Å². The lowest BCUT2D eigenvalue weighted by Crippen LogP contribution is -2.51. The van der Waals surface area contributed by atoms with Gasteiger partial charge in [-0.1, -0.05) is 19.4 Å². The summed E-state index contributed by atoms with van der Waals surface area (Å²) in [6.45, 7) is 10.1. The van der Waals surface area contributed by atoms with Gasteiger partial charge in [0.25, 0.3) is 0 Å². The minimum absolute atomic E-state index is 0.139. The number of carbonyl (C=O) groups excluding carboxylic acids is 1. The van der Waals surface area contributed by atoms with E-state index in [1.54, 1.807) is 19.2 Å². The quantitative estimate of drug-likeness (QED) is 0.844. The first-order valence-corrected chi connectivity index (χ1v) is 7.35. The van der Waals surface area contributed by atoms with Crippen LogP contribution in [-0.4, -0.2) is 22.0 Å². The molecular formula is C16H27N3O2. The number of hydrogen-bond acceptors (Lipinski definition) is 4. The summed E-state index contributed by atoms with van der Waals surface area (Å²) in [5.74, 6) is 0.437. The van der Waals surface area contributed by atoms with Crippen molar-refractivity contribution in [2.75, 3.05) is 0 Å². The third-order valence-corrected chi connectivity index (χ3v) is 2.95. The van der Waals surface area contributed by atoms with Crippen molar-refractivity contribution in [3.63, 3.8) is 0 Å². The van der Waals surface area contributed by atoms with Crippen molar-refractivity contribution in [3.8, 4) is 5.88 Å². The molecule has 0 saturated heterocycles. The van der Waals surface area contributed by atoms with Gasteiger partial charge in [0.1, 0.15) is 5.60 Å². The smallest absolute Gasteiger partial charge is 0.240 e. The highest BCUT2D eigenvalue weighted by atomic mass is 16.5. The molecule has 1 rings (SSSR count). The molecule has 1 heterocycles. The molecule has 0 spiro atoms. The Bertz CT molecular complexity index is 461. The molecule has 5 heteroatoms. The number of hydrogen-bond donors (Lipinski definition) is 2. The summed E-state index contributed by atoms with van der Waals surface area (Å²) in [5.41, 5.74) is 5.80. The lowest BCUT2D eigenvalue weighted by Gasteiger charge is -2.23. The SMILES string of the molecule is CCCC(C)(N)C(=O)NCc1ccc(OC(C)(C)C)nc1. The predicted octanol–water partition coefficient (Wildman–Crippen LogP) is 2.39. The summed E-state index contributed by atoms with van der Waals surface area (Å²) in [6.07, 6.45) is 3.24. The molecule has 0 aliphatic carbocycles. The summed E-state index contributed by atoms with van der Waals surface area (Å²) < 4.78 is 5.65. The zero-order valence-corrected chi connectivity index (χ0v) is 13.7. The molecule has 0 aromatic carbocycles. The summed E-state index contributed by atoms with van der Waals surface area (Å²) in [7, 11) is 0. The number of nitrogens with zero attached hydrogens (tertiary/aromatic N) is 1. The van der Waals surface area contributed by atoms with E-state index in [2.05, 4.69) is 10.3 Å². The van der Waals surface area contributed by atoms with Crippen LogP contribution < -0.4 is 15.8 Å². The summed E-state index contributed by atoms with van der Waals surface area (Å²) in [6, 6.07) is 3.70. The third kappa shape index (κ3) is 6.12. The molecule has 1 aromatic rings. The average molecular weight is 293 g/mol. The zero-order valence-electron chi connectivity index (χ0n) is 13.7. The normalized spacial score (nSPS) is 14.4. The molecule has 21 heavy (non-hydrogen) atoms. The van der Waals surface area contributed by atoms with Crippen LogP contribution in [0, 0.1) is 0 Å². The van der Waals surface area contributed by atoms with Crippen LogP contribution in [0.1, 0.15) is 53.0 Å². The molecule has 1 aromatic heterocycles. The fourth-order valence-corrected chi connectivity index (χ4v) is 1.91. The van der Waals surface area contributed by atoms with Crippen molar-refractivity contribution in [2.45, 2.75) is 65.1 Å². The van der Waals surface area contributed by atoms with Crippen LogP contribution in [0.2, 0.25) is 0 Å². The van der Waals surface area contributed by atoms with Crippen molar-refractivity contribution in [3.05, 3.63) is 23.9 Å². The molecule has 0 saturated carbocycles. The van der Waals surface area contributed by atoms with E-state index in [4.69, 9.17) is 10.5 Å². The molecule has 0 bridgehead atoms. The lowest BCUT2D eigenvalue weighted by molar-refractivity contribution is -0.126. The molecule has 1 unspecified atom stereocenters. The Kier molecular flexibility index (Phi) is 5.72. The van der Waals surface area contributed by atoms with E-state index >= 15 is 0 Å². The summed E-state index contributed by atoms with van der Waals surface area (Å²) in [4.78, 5) is 16.2. The van der Waals surface area contributed by atoms with Gasteiger partial charge in [0.2, 0.25) is 11.8 Å². The van der Waals surface area contributed by atoms with Gasteiger partial charge in [-0.05, 0) is 39.7 Å². The molecule has 0 aliphatic rings. The van der Waals surface area contributed by atoms with Crippen LogP contribution >= 0.6 is 0 Å². The Morgan fingerprint density at radius 2 is 2.00 bits per heavy atom. The van der Waals surface area contributed by atoms with Crippen LogP contribution in [0.25, 0.3) is 0 Å². The van der Waals surface area contributed by atoms with E-state index in [0.717, 1.165) is 12.0 Å². The fourth-order valence-electron chi connectivity index (χ4n) is 1.91. The number of nitrogens with two attached hydrogens (primary N) is 1. The van der Waals surface area contributed by atoms with Crippen LogP contribution in [0.4, 0.5) is 0 Å². The highest BCUT2D eigenvalue weighted by molar-refractivity contribution is 5.85. The molecule has 1 atom stereocenters. The number of nitrogens with one attached hydrogen (secondary N) is 1. The Balaban J connectivity index is 2.55. The van der Waals surface area contributed by atoms with Gasteiger partial charge in [-0.2, -0.15) is 0 Å². The van der Waals surface area contributed by atoms with Gasteiger partial charge in [-0.15, -0.1) is 0 Å². The van der Waals surface area contributed by atoms with Crippen molar-refractivity contribution in [2.24, 2.45) is 5.73 Å². The third-order valence-electron chi connectivity index (χ3n) is 2.95.